The second kappa shape index (κ2) is 17.2. The van der Waals surface area contributed by atoms with Crippen molar-refractivity contribution in [1.29, 1.82) is 0 Å². The first-order valence-electron chi connectivity index (χ1n) is 16.6. The van der Waals surface area contributed by atoms with Crippen LogP contribution in [0.25, 0.3) is 0 Å². The van der Waals surface area contributed by atoms with Crippen LogP contribution < -0.4 is 20.7 Å². The van der Waals surface area contributed by atoms with Gasteiger partial charge in [-0.25, -0.2) is 13.1 Å². The van der Waals surface area contributed by atoms with Crippen molar-refractivity contribution in [3.63, 3.8) is 0 Å². The van der Waals surface area contributed by atoms with Crippen molar-refractivity contribution >= 4 is 34.1 Å². The molecule has 11 nitrogen and oxygen atoms in total. The molecule has 1 aliphatic heterocycles. The molecule has 0 aromatic heterocycles. The maximum atomic E-state index is 13.6. The molecule has 266 valence electrons. The Morgan fingerprint density at radius 2 is 1.31 bits per heavy atom. The Balaban J connectivity index is 1.48. The molecule has 2 amide bonds. The van der Waals surface area contributed by atoms with Crippen molar-refractivity contribution < 1.29 is 32.3 Å². The summed E-state index contributed by atoms with van der Waals surface area (Å²) in [5.74, 6) is -1.35. The van der Waals surface area contributed by atoms with Crippen molar-refractivity contribution in [2.24, 2.45) is 0 Å². The normalized spacial score (nSPS) is 19.2. The van der Waals surface area contributed by atoms with Gasteiger partial charge in [-0.15, -0.1) is 0 Å². The molecule has 0 fully saturated rings. The van der Waals surface area contributed by atoms with Gasteiger partial charge < -0.3 is 25.5 Å². The Hall–Kier alpha value is -5.17. The summed E-state index contributed by atoms with van der Waals surface area (Å²) in [6.45, 7) is 0.213. The highest BCUT2D eigenvalue weighted by Crippen LogP contribution is 2.18. The number of rotatable bonds is 6. The molecule has 0 aliphatic carbocycles. The summed E-state index contributed by atoms with van der Waals surface area (Å²) in [5.41, 5.74) is 3.35. The first-order chi connectivity index (χ1) is 24.5. The van der Waals surface area contributed by atoms with E-state index in [-0.39, 0.29) is 62.9 Å². The predicted molar refractivity (Wildman–Crippen MR) is 193 cm³/mol. The second-order valence-corrected chi connectivity index (χ2v) is 14.5. The number of methoxy groups -OCH3 is 1. The SMILES string of the molecule is COC(=O)C1Cc2cccc(c2)CNC(=O)Cc2cccc(c2)CC(=O)NCc2cccc(c2)CC(C=O)(NS(=O)(=O)Cc2ccccc2)CN1. The molecule has 4 N–H and O–H groups in total. The van der Waals surface area contributed by atoms with Crippen LogP contribution >= 0.6 is 0 Å². The van der Waals surface area contributed by atoms with Crippen molar-refractivity contribution in [3.8, 4) is 0 Å². The molecule has 6 bridgehead atoms. The standard InChI is InChI=1S/C39H42N4O7S/c1-50-38(47)35-19-29-10-6-14-33(17-29)23-40-36(45)20-30-11-5-12-31(16-30)21-37(46)41-24-34-15-7-13-32(18-34)22-39(27-44,26-42-35)43-51(48,49)25-28-8-3-2-4-9-28/h2-18,27,35,42-43H,19-26H2,1H3,(H,40,45)(H,41,46). The minimum atomic E-state index is -4.06. The molecule has 4 aromatic carbocycles. The quantitative estimate of drug-likeness (QED) is 0.176. The van der Waals surface area contributed by atoms with Crippen molar-refractivity contribution in [2.45, 2.75) is 56.1 Å². The average Bonchev–Trinajstić information content (AvgIpc) is 3.11. The van der Waals surface area contributed by atoms with Gasteiger partial charge in [-0.1, -0.05) is 103 Å². The Morgan fingerprint density at radius 1 is 0.784 bits per heavy atom. The number of nitrogens with one attached hydrogen (secondary N) is 4. The van der Waals surface area contributed by atoms with Gasteiger partial charge >= 0.3 is 5.97 Å². The zero-order chi connectivity index (χ0) is 36.3. The van der Waals surface area contributed by atoms with Gasteiger partial charge in [0.1, 0.15) is 17.9 Å². The molecular weight excluding hydrogens is 669 g/mol. The monoisotopic (exact) mass is 710 g/mol. The van der Waals surface area contributed by atoms with E-state index in [1.54, 1.807) is 42.5 Å². The number of fused-ring (bicyclic) bond motifs is 6. The van der Waals surface area contributed by atoms with E-state index in [4.69, 9.17) is 4.74 Å². The first-order valence-corrected chi connectivity index (χ1v) is 18.3. The van der Waals surface area contributed by atoms with Crippen LogP contribution in [-0.2, 0) is 78.5 Å². The Morgan fingerprint density at radius 3 is 1.90 bits per heavy atom. The lowest BCUT2D eigenvalue weighted by molar-refractivity contribution is -0.143. The first kappa shape index (κ1) is 37.1. The fourth-order valence-electron chi connectivity index (χ4n) is 6.13. The zero-order valence-electron chi connectivity index (χ0n) is 28.4. The summed E-state index contributed by atoms with van der Waals surface area (Å²) in [7, 11) is -2.80. The molecule has 0 radical (unpaired) electrons. The molecule has 0 saturated carbocycles. The van der Waals surface area contributed by atoms with Crippen LogP contribution in [0.1, 0.15) is 38.9 Å². The van der Waals surface area contributed by atoms with Gasteiger partial charge in [0, 0.05) is 19.6 Å². The maximum absolute atomic E-state index is 13.6. The summed E-state index contributed by atoms with van der Waals surface area (Å²) in [6, 6.07) is 29.6. The lowest BCUT2D eigenvalue weighted by Crippen LogP contribution is -2.60. The largest absolute Gasteiger partial charge is 0.468 e. The molecule has 12 heteroatoms. The van der Waals surface area contributed by atoms with Crippen LogP contribution in [0.3, 0.4) is 0 Å². The van der Waals surface area contributed by atoms with E-state index in [1.165, 1.54) is 7.11 Å². The van der Waals surface area contributed by atoms with Crippen molar-refractivity contribution in [2.75, 3.05) is 13.7 Å². The third-order valence-corrected chi connectivity index (χ3v) is 10.0. The van der Waals surface area contributed by atoms with E-state index in [0.29, 0.717) is 17.4 Å². The van der Waals surface area contributed by atoms with E-state index < -0.39 is 27.6 Å². The second-order valence-electron chi connectivity index (χ2n) is 12.8. The lowest BCUT2D eigenvalue weighted by Gasteiger charge is -2.31. The summed E-state index contributed by atoms with van der Waals surface area (Å²) in [5, 5.41) is 8.97. The highest BCUT2D eigenvalue weighted by molar-refractivity contribution is 7.88. The third-order valence-electron chi connectivity index (χ3n) is 8.58. The molecular formula is C39H42N4O7S. The van der Waals surface area contributed by atoms with E-state index in [0.717, 1.165) is 27.8 Å². The van der Waals surface area contributed by atoms with Gasteiger partial charge in [0.15, 0.2) is 0 Å². The number of hydrogen-bond donors (Lipinski definition) is 4. The molecule has 0 saturated heterocycles. The number of carbonyl (C=O) groups is 4. The number of hydrogen-bond acceptors (Lipinski definition) is 8. The van der Waals surface area contributed by atoms with E-state index in [2.05, 4.69) is 20.7 Å². The van der Waals surface area contributed by atoms with Crippen LogP contribution in [0.5, 0.6) is 0 Å². The number of aldehydes is 1. The number of benzene rings is 4. The number of esters is 1. The summed E-state index contributed by atoms with van der Waals surface area (Å²) < 4.78 is 34.9. The minimum Gasteiger partial charge on any atom is -0.468 e. The van der Waals surface area contributed by atoms with Gasteiger partial charge in [-0.05, 0) is 51.8 Å². The molecule has 2 atom stereocenters. The van der Waals surface area contributed by atoms with E-state index in [9.17, 15) is 27.6 Å². The third kappa shape index (κ3) is 11.2. The van der Waals surface area contributed by atoms with Gasteiger partial charge in [0.05, 0.1) is 25.7 Å². The van der Waals surface area contributed by atoms with Gasteiger partial charge in [-0.3, -0.25) is 14.4 Å². The maximum Gasteiger partial charge on any atom is 0.323 e. The molecule has 1 heterocycles. The number of carbonyl (C=O) groups excluding carboxylic acids is 4. The highest BCUT2D eigenvalue weighted by Gasteiger charge is 2.36. The molecule has 2 unspecified atom stereocenters. The van der Waals surface area contributed by atoms with Crippen LogP contribution in [-0.4, -0.2) is 57.7 Å². The van der Waals surface area contributed by atoms with Crippen molar-refractivity contribution in [3.05, 3.63) is 142 Å². The summed E-state index contributed by atoms with van der Waals surface area (Å²) >= 11 is 0. The van der Waals surface area contributed by atoms with Gasteiger partial charge in [-0.2, -0.15) is 0 Å². The van der Waals surface area contributed by atoms with Crippen LogP contribution in [0.15, 0.2) is 103 Å². The van der Waals surface area contributed by atoms with Gasteiger partial charge in [0.25, 0.3) is 0 Å². The van der Waals surface area contributed by atoms with Crippen molar-refractivity contribution in [1.82, 2.24) is 20.7 Å². The molecule has 5 rings (SSSR count). The topological polar surface area (TPSA) is 160 Å². The summed E-state index contributed by atoms with van der Waals surface area (Å²) in [6.07, 6.45) is 0.942. The van der Waals surface area contributed by atoms with Gasteiger partial charge in [0.2, 0.25) is 21.8 Å². The van der Waals surface area contributed by atoms with E-state index >= 15 is 0 Å². The van der Waals surface area contributed by atoms with Crippen LogP contribution in [0.2, 0.25) is 0 Å². The summed E-state index contributed by atoms with van der Waals surface area (Å²) in [4.78, 5) is 51.9. The lowest BCUT2D eigenvalue weighted by atomic mass is 9.91. The average molecular weight is 711 g/mol. The van der Waals surface area contributed by atoms with E-state index in [1.807, 2.05) is 60.7 Å². The number of amides is 2. The smallest absolute Gasteiger partial charge is 0.323 e. The molecule has 4 aromatic rings. The highest BCUT2D eigenvalue weighted by atomic mass is 32.2. The Bertz CT molecular complexity index is 1970. The Labute approximate surface area is 298 Å². The number of sulfonamides is 1. The molecule has 51 heavy (non-hydrogen) atoms. The molecule has 1 aliphatic rings. The van der Waals surface area contributed by atoms with Crippen LogP contribution in [0.4, 0.5) is 0 Å². The minimum absolute atomic E-state index is 0.0465. The zero-order valence-corrected chi connectivity index (χ0v) is 29.2. The number of ether oxygens (including phenoxy) is 1. The predicted octanol–water partition coefficient (Wildman–Crippen LogP) is 2.69. The Kier molecular flexibility index (Phi) is 12.5. The molecule has 0 spiro atoms. The van der Waals surface area contributed by atoms with Crippen LogP contribution in [0, 0.1) is 0 Å². The fraction of sp³-hybridized carbons (Fsp3) is 0.282. The fourth-order valence-corrected chi connectivity index (χ4v) is 7.65.